The maximum Gasteiger partial charge on any atom is 0.416 e. The molecule has 1 aromatic carbocycles. The Morgan fingerprint density at radius 1 is 1.33 bits per heavy atom. The van der Waals surface area contributed by atoms with Gasteiger partial charge in [-0.05, 0) is 37.1 Å². The lowest BCUT2D eigenvalue weighted by Crippen LogP contribution is -2.19. The number of hydrogen-bond donors (Lipinski definition) is 1. The number of alkyl halides is 3. The molecule has 0 radical (unpaired) electrons. The Morgan fingerprint density at radius 2 is 1.93 bits per heavy atom. The van der Waals surface area contributed by atoms with Crippen LogP contribution in [0.5, 0.6) is 0 Å². The lowest BCUT2D eigenvalue weighted by Gasteiger charge is -2.11. The number of hydrogen-bond acceptors (Lipinski definition) is 1. The molecule has 0 amide bonds. The normalized spacial score (nSPS) is 14.0. The van der Waals surface area contributed by atoms with E-state index < -0.39 is 17.6 Å². The van der Waals surface area contributed by atoms with E-state index in [1.807, 2.05) is 0 Å². The van der Waals surface area contributed by atoms with Crippen molar-refractivity contribution in [3.8, 4) is 0 Å². The summed E-state index contributed by atoms with van der Waals surface area (Å²) < 4.78 is 49.9. The second-order valence-corrected chi connectivity index (χ2v) is 3.49. The van der Waals surface area contributed by atoms with Gasteiger partial charge in [-0.2, -0.15) is 13.2 Å². The summed E-state index contributed by atoms with van der Waals surface area (Å²) in [5, 5.41) is 0. The number of rotatable bonds is 2. The molecule has 1 nitrogen and oxygen atoms in total. The first-order chi connectivity index (χ1) is 6.80. The summed E-state index contributed by atoms with van der Waals surface area (Å²) in [5.41, 5.74) is 4.56. The van der Waals surface area contributed by atoms with Crippen LogP contribution in [-0.2, 0) is 12.6 Å². The highest BCUT2D eigenvalue weighted by Crippen LogP contribution is 2.30. The van der Waals surface area contributed by atoms with E-state index in [0.29, 0.717) is 0 Å². The maximum absolute atomic E-state index is 13.1. The fourth-order valence-electron chi connectivity index (χ4n) is 1.25. The largest absolute Gasteiger partial charge is 0.416 e. The number of benzene rings is 1. The van der Waals surface area contributed by atoms with Gasteiger partial charge in [-0.1, -0.05) is 0 Å². The fraction of sp³-hybridized carbons (Fsp3) is 0.400. The topological polar surface area (TPSA) is 26.0 Å². The molecule has 0 fully saturated rings. The molecule has 0 unspecified atom stereocenters. The summed E-state index contributed by atoms with van der Waals surface area (Å²) in [7, 11) is 0. The van der Waals surface area contributed by atoms with Crippen LogP contribution in [0.2, 0.25) is 0 Å². The molecule has 5 heteroatoms. The second-order valence-electron chi connectivity index (χ2n) is 3.49. The fourth-order valence-corrected chi connectivity index (χ4v) is 1.25. The van der Waals surface area contributed by atoms with Gasteiger partial charge >= 0.3 is 6.18 Å². The van der Waals surface area contributed by atoms with Crippen molar-refractivity contribution in [2.45, 2.75) is 25.6 Å². The van der Waals surface area contributed by atoms with Crippen LogP contribution in [0.15, 0.2) is 18.2 Å². The van der Waals surface area contributed by atoms with Crippen LogP contribution in [0, 0.1) is 5.82 Å². The van der Waals surface area contributed by atoms with Crippen LogP contribution in [0.25, 0.3) is 0 Å². The molecule has 0 bridgehead atoms. The van der Waals surface area contributed by atoms with Gasteiger partial charge in [-0.15, -0.1) is 0 Å². The molecule has 0 heterocycles. The van der Waals surface area contributed by atoms with E-state index in [4.69, 9.17) is 5.73 Å². The summed E-state index contributed by atoms with van der Waals surface area (Å²) in [4.78, 5) is 0. The minimum Gasteiger partial charge on any atom is -0.328 e. The SMILES string of the molecule is C[C@@H](N)Cc1cc(C(F)(F)F)ccc1F. The zero-order valence-electron chi connectivity index (χ0n) is 8.11. The van der Waals surface area contributed by atoms with Gasteiger partial charge in [0, 0.05) is 6.04 Å². The molecule has 2 N–H and O–H groups in total. The van der Waals surface area contributed by atoms with E-state index in [2.05, 4.69) is 0 Å². The Hall–Kier alpha value is -1.10. The quantitative estimate of drug-likeness (QED) is 0.763. The van der Waals surface area contributed by atoms with Gasteiger partial charge in [0.1, 0.15) is 5.82 Å². The van der Waals surface area contributed by atoms with Crippen molar-refractivity contribution in [3.05, 3.63) is 35.1 Å². The standard InChI is InChI=1S/C10H11F4N/c1-6(15)4-7-5-8(10(12,13)14)2-3-9(7)11/h2-3,5-6H,4,15H2,1H3/t6-/m1/s1. The molecule has 0 aliphatic rings. The van der Waals surface area contributed by atoms with Crippen molar-refractivity contribution < 1.29 is 17.6 Å². The van der Waals surface area contributed by atoms with Gasteiger partial charge in [-0.3, -0.25) is 0 Å². The summed E-state index contributed by atoms with van der Waals surface area (Å²) in [6, 6.07) is 1.97. The first-order valence-electron chi connectivity index (χ1n) is 4.42. The van der Waals surface area contributed by atoms with Crippen molar-refractivity contribution in [1.82, 2.24) is 0 Å². The van der Waals surface area contributed by atoms with Crippen molar-refractivity contribution in [3.63, 3.8) is 0 Å². The molecule has 0 spiro atoms. The molecule has 0 saturated heterocycles. The molecule has 0 aliphatic heterocycles. The third kappa shape index (κ3) is 3.20. The number of nitrogens with two attached hydrogens (primary N) is 1. The van der Waals surface area contributed by atoms with Gasteiger partial charge in [0.2, 0.25) is 0 Å². The highest BCUT2D eigenvalue weighted by Gasteiger charge is 2.31. The lowest BCUT2D eigenvalue weighted by molar-refractivity contribution is -0.137. The van der Waals surface area contributed by atoms with E-state index in [0.717, 1.165) is 18.2 Å². The van der Waals surface area contributed by atoms with Gasteiger partial charge in [0.05, 0.1) is 5.56 Å². The molecular formula is C10H11F4N. The minimum absolute atomic E-state index is 0.000162. The molecule has 15 heavy (non-hydrogen) atoms. The molecule has 1 atom stereocenters. The van der Waals surface area contributed by atoms with E-state index in [1.54, 1.807) is 6.92 Å². The molecule has 1 aromatic rings. The van der Waals surface area contributed by atoms with Crippen LogP contribution in [-0.4, -0.2) is 6.04 Å². The highest BCUT2D eigenvalue weighted by atomic mass is 19.4. The van der Waals surface area contributed by atoms with E-state index in [-0.39, 0.29) is 18.0 Å². The lowest BCUT2D eigenvalue weighted by atomic mass is 10.0. The van der Waals surface area contributed by atoms with Gasteiger partial charge in [-0.25, -0.2) is 4.39 Å². The molecule has 0 aliphatic carbocycles. The third-order valence-electron chi connectivity index (χ3n) is 1.91. The summed E-state index contributed by atoms with van der Waals surface area (Å²) in [6.07, 6.45) is -4.35. The van der Waals surface area contributed by atoms with Crippen molar-refractivity contribution in [2.24, 2.45) is 5.73 Å². The number of halogens is 4. The summed E-state index contributed by atoms with van der Waals surface area (Å²) in [6.45, 7) is 1.61. The third-order valence-corrected chi connectivity index (χ3v) is 1.91. The Kier molecular flexibility index (Phi) is 3.34. The summed E-state index contributed by atoms with van der Waals surface area (Å²) >= 11 is 0. The van der Waals surface area contributed by atoms with Crippen LogP contribution in [0.3, 0.4) is 0 Å². The van der Waals surface area contributed by atoms with Crippen LogP contribution in [0.4, 0.5) is 17.6 Å². The average molecular weight is 221 g/mol. The van der Waals surface area contributed by atoms with E-state index in [9.17, 15) is 17.6 Å². The predicted molar refractivity (Wildman–Crippen MR) is 48.8 cm³/mol. The Balaban J connectivity index is 3.06. The van der Waals surface area contributed by atoms with Gasteiger partial charge in [0.25, 0.3) is 0 Å². The molecule has 0 aromatic heterocycles. The Bertz CT molecular complexity index is 344. The van der Waals surface area contributed by atoms with Crippen molar-refractivity contribution in [1.29, 1.82) is 0 Å². The highest BCUT2D eigenvalue weighted by molar-refractivity contribution is 5.27. The monoisotopic (exact) mass is 221 g/mol. The molecular weight excluding hydrogens is 210 g/mol. The molecule has 1 rings (SSSR count). The zero-order valence-corrected chi connectivity index (χ0v) is 8.11. The first-order valence-corrected chi connectivity index (χ1v) is 4.42. The molecule has 84 valence electrons. The van der Waals surface area contributed by atoms with Gasteiger partial charge < -0.3 is 5.73 Å². The summed E-state index contributed by atoms with van der Waals surface area (Å²) in [5.74, 6) is -0.652. The Labute approximate surface area is 84.9 Å². The van der Waals surface area contributed by atoms with Crippen LogP contribution in [0.1, 0.15) is 18.1 Å². The van der Waals surface area contributed by atoms with E-state index >= 15 is 0 Å². The zero-order chi connectivity index (χ0) is 11.6. The molecule has 0 saturated carbocycles. The smallest absolute Gasteiger partial charge is 0.328 e. The Morgan fingerprint density at radius 3 is 2.40 bits per heavy atom. The predicted octanol–water partition coefficient (Wildman–Crippen LogP) is 2.73. The second kappa shape index (κ2) is 4.18. The van der Waals surface area contributed by atoms with Crippen LogP contribution >= 0.6 is 0 Å². The van der Waals surface area contributed by atoms with Crippen LogP contribution < -0.4 is 5.73 Å². The maximum atomic E-state index is 13.1. The average Bonchev–Trinajstić information content (AvgIpc) is 2.06. The van der Waals surface area contributed by atoms with E-state index in [1.165, 1.54) is 0 Å². The van der Waals surface area contributed by atoms with Crippen molar-refractivity contribution >= 4 is 0 Å². The van der Waals surface area contributed by atoms with Crippen molar-refractivity contribution in [2.75, 3.05) is 0 Å². The first kappa shape index (κ1) is 12.0. The van der Waals surface area contributed by atoms with Gasteiger partial charge in [0.15, 0.2) is 0 Å². The minimum atomic E-state index is -4.44.